The van der Waals surface area contributed by atoms with Gasteiger partial charge in [-0.25, -0.2) is 0 Å². The van der Waals surface area contributed by atoms with Crippen molar-refractivity contribution in [2.45, 2.75) is 84.0 Å². The molecule has 0 radical (unpaired) electrons. The van der Waals surface area contributed by atoms with E-state index in [1.807, 2.05) is 0 Å². The van der Waals surface area contributed by atoms with E-state index in [1.54, 1.807) is 0 Å². The van der Waals surface area contributed by atoms with E-state index in [0.29, 0.717) is 6.42 Å². The first kappa shape index (κ1) is 25.6. The molecule has 0 saturated carbocycles. The molecule has 5 nitrogen and oxygen atoms in total. The number of carbonyl (C=O) groups is 1. The molecule has 132 valence electrons. The van der Waals surface area contributed by atoms with Crippen molar-refractivity contribution in [3.63, 3.8) is 0 Å². The second-order valence-corrected chi connectivity index (χ2v) is 7.36. The molecular formula is C16H32NaO5S+. The van der Waals surface area contributed by atoms with Crippen LogP contribution in [-0.2, 0) is 19.6 Å². The van der Waals surface area contributed by atoms with Crippen LogP contribution in [0.3, 0.4) is 0 Å². The summed E-state index contributed by atoms with van der Waals surface area (Å²) in [6.07, 6.45) is 13.7. The molecule has 0 aromatic carbocycles. The van der Waals surface area contributed by atoms with Gasteiger partial charge >= 0.3 is 35.5 Å². The Labute approximate surface area is 164 Å². The van der Waals surface area contributed by atoms with Crippen molar-refractivity contribution in [3.8, 4) is 0 Å². The summed E-state index contributed by atoms with van der Waals surface area (Å²) >= 11 is 0. The number of hydrogen-bond donors (Lipinski definition) is 1. The van der Waals surface area contributed by atoms with Crippen LogP contribution in [0, 0.1) is 0 Å². The van der Waals surface area contributed by atoms with Gasteiger partial charge in [-0.05, 0) is 6.42 Å². The van der Waals surface area contributed by atoms with Gasteiger partial charge in [0.05, 0.1) is 0 Å². The Balaban J connectivity index is 0. The van der Waals surface area contributed by atoms with Gasteiger partial charge in [0.1, 0.15) is 12.4 Å². The maximum absolute atomic E-state index is 11.3. The summed E-state index contributed by atoms with van der Waals surface area (Å²) in [5.74, 6) is -0.920. The zero-order valence-electron chi connectivity index (χ0n) is 14.9. The van der Waals surface area contributed by atoms with Crippen molar-refractivity contribution >= 4 is 16.1 Å². The third-order valence-electron chi connectivity index (χ3n) is 3.59. The Bertz CT molecular complexity index is 371. The van der Waals surface area contributed by atoms with Crippen molar-refractivity contribution in [2.24, 2.45) is 0 Å². The van der Waals surface area contributed by atoms with Gasteiger partial charge < -0.3 is 4.74 Å². The Morgan fingerprint density at radius 3 is 1.74 bits per heavy atom. The molecule has 0 fully saturated rings. The molecule has 0 rings (SSSR count). The van der Waals surface area contributed by atoms with Crippen LogP contribution in [0.2, 0.25) is 0 Å². The number of hydrogen-bond acceptors (Lipinski definition) is 4. The van der Waals surface area contributed by atoms with E-state index >= 15 is 0 Å². The van der Waals surface area contributed by atoms with Crippen LogP contribution in [0.25, 0.3) is 0 Å². The van der Waals surface area contributed by atoms with E-state index in [4.69, 9.17) is 9.29 Å². The molecule has 1 N–H and O–H groups in total. The largest absolute Gasteiger partial charge is 1.00 e. The first-order valence-corrected chi connectivity index (χ1v) is 10.2. The van der Waals surface area contributed by atoms with Gasteiger partial charge in [-0.2, -0.15) is 8.42 Å². The summed E-state index contributed by atoms with van der Waals surface area (Å²) < 4.78 is 34.1. The number of rotatable bonds is 15. The van der Waals surface area contributed by atoms with Gasteiger partial charge in [-0.3, -0.25) is 9.35 Å². The van der Waals surface area contributed by atoms with E-state index in [0.717, 1.165) is 19.3 Å². The van der Waals surface area contributed by atoms with E-state index < -0.39 is 15.9 Å². The fourth-order valence-electron chi connectivity index (χ4n) is 2.27. The van der Waals surface area contributed by atoms with E-state index in [-0.39, 0.29) is 42.1 Å². The van der Waals surface area contributed by atoms with Crippen LogP contribution < -0.4 is 29.6 Å². The molecule has 0 unspecified atom stereocenters. The molecule has 0 amide bonds. The third kappa shape index (κ3) is 22.4. The zero-order chi connectivity index (χ0) is 16.7. The summed E-state index contributed by atoms with van der Waals surface area (Å²) in [4.78, 5) is 11.3. The number of ether oxygens (including phenoxy) is 1. The quantitative estimate of drug-likeness (QED) is 0.205. The van der Waals surface area contributed by atoms with Crippen LogP contribution in [-0.4, -0.2) is 31.3 Å². The average molecular weight is 359 g/mol. The first-order valence-electron chi connectivity index (χ1n) is 8.56. The fourth-order valence-corrected chi connectivity index (χ4v) is 2.56. The minimum atomic E-state index is -4.04. The topological polar surface area (TPSA) is 80.7 Å². The van der Waals surface area contributed by atoms with E-state index in [9.17, 15) is 13.2 Å². The molecule has 7 heteroatoms. The molecule has 23 heavy (non-hydrogen) atoms. The van der Waals surface area contributed by atoms with Crippen molar-refractivity contribution < 1.29 is 52.1 Å². The zero-order valence-corrected chi connectivity index (χ0v) is 17.7. The molecule has 0 aromatic heterocycles. The number of unbranched alkanes of at least 4 members (excludes halogenated alkanes) is 10. The Hall–Kier alpha value is 0.380. The normalized spacial score (nSPS) is 11.0. The fraction of sp³-hybridized carbons (Fsp3) is 0.938. The Kier molecular flexibility index (Phi) is 19.2. The summed E-state index contributed by atoms with van der Waals surface area (Å²) in [6.45, 7) is 1.96. The predicted molar refractivity (Wildman–Crippen MR) is 88.5 cm³/mol. The summed E-state index contributed by atoms with van der Waals surface area (Å²) in [5, 5.41) is 0. The molecule has 0 aliphatic rings. The van der Waals surface area contributed by atoms with Crippen LogP contribution in [0.1, 0.15) is 84.0 Å². The van der Waals surface area contributed by atoms with Crippen molar-refractivity contribution in [3.05, 3.63) is 0 Å². The van der Waals surface area contributed by atoms with Crippen molar-refractivity contribution in [1.82, 2.24) is 0 Å². The van der Waals surface area contributed by atoms with Crippen LogP contribution >= 0.6 is 0 Å². The second-order valence-electron chi connectivity index (χ2n) is 5.79. The molecule has 0 aliphatic heterocycles. The summed E-state index contributed by atoms with van der Waals surface area (Å²) in [7, 11) is -4.04. The molecule has 0 aliphatic carbocycles. The van der Waals surface area contributed by atoms with Crippen LogP contribution in [0.5, 0.6) is 0 Å². The maximum atomic E-state index is 11.3. The van der Waals surface area contributed by atoms with Gasteiger partial charge in [0.2, 0.25) is 0 Å². The predicted octanol–water partition coefficient (Wildman–Crippen LogP) is 1.12. The van der Waals surface area contributed by atoms with Crippen LogP contribution in [0.15, 0.2) is 0 Å². The smallest absolute Gasteiger partial charge is 0.464 e. The Morgan fingerprint density at radius 1 is 0.870 bits per heavy atom. The second kappa shape index (κ2) is 17.2. The maximum Gasteiger partial charge on any atom is 1.00 e. The SMILES string of the molecule is CCCCCCCCCCCCCC(=O)OCCS(=O)(=O)O.[Na+]. The molecule has 0 atom stereocenters. The number of esters is 1. The van der Waals surface area contributed by atoms with Crippen molar-refractivity contribution in [2.75, 3.05) is 12.4 Å². The van der Waals surface area contributed by atoms with Gasteiger partial charge in [0, 0.05) is 6.42 Å². The van der Waals surface area contributed by atoms with Gasteiger partial charge in [0.15, 0.2) is 0 Å². The number of carbonyl (C=O) groups excluding carboxylic acids is 1. The minimum absolute atomic E-state index is 0. The monoisotopic (exact) mass is 359 g/mol. The first-order chi connectivity index (χ1) is 10.5. The van der Waals surface area contributed by atoms with E-state index in [1.165, 1.54) is 51.4 Å². The van der Waals surface area contributed by atoms with Crippen LogP contribution in [0.4, 0.5) is 0 Å². The molecule has 0 saturated heterocycles. The Morgan fingerprint density at radius 2 is 1.30 bits per heavy atom. The third-order valence-corrected chi connectivity index (χ3v) is 4.27. The summed E-state index contributed by atoms with van der Waals surface area (Å²) in [5.41, 5.74) is 0. The average Bonchev–Trinajstić information content (AvgIpc) is 2.43. The minimum Gasteiger partial charge on any atom is -0.464 e. The molecule has 0 aromatic rings. The van der Waals surface area contributed by atoms with E-state index in [2.05, 4.69) is 6.92 Å². The molecule has 0 heterocycles. The van der Waals surface area contributed by atoms with Gasteiger partial charge in [-0.1, -0.05) is 71.1 Å². The van der Waals surface area contributed by atoms with Gasteiger partial charge in [0.25, 0.3) is 10.1 Å². The summed E-state index contributed by atoms with van der Waals surface area (Å²) in [6, 6.07) is 0. The molecular weight excluding hydrogens is 327 g/mol. The van der Waals surface area contributed by atoms with Crippen molar-refractivity contribution in [1.29, 1.82) is 0 Å². The van der Waals surface area contributed by atoms with Gasteiger partial charge in [-0.15, -0.1) is 0 Å². The molecule has 0 spiro atoms. The standard InChI is InChI=1S/C16H32O5S.Na/c1-2-3-4-5-6-7-8-9-10-11-12-13-16(17)21-14-15-22(18,19)20;/h2-15H2,1H3,(H,18,19,20);/q;+1. The molecule has 0 bridgehead atoms.